The van der Waals surface area contributed by atoms with Gasteiger partial charge in [-0.1, -0.05) is 0 Å². The van der Waals surface area contributed by atoms with E-state index in [2.05, 4.69) is 11.9 Å². The number of hydrogen-bond donors (Lipinski definition) is 1. The number of aryl methyl sites for hydroxylation is 1. The predicted octanol–water partition coefficient (Wildman–Crippen LogP) is 2.60. The first kappa shape index (κ1) is 11.6. The highest BCUT2D eigenvalue weighted by atomic mass is 32.1. The van der Waals surface area contributed by atoms with Crippen molar-refractivity contribution in [2.24, 2.45) is 5.92 Å². The molecule has 0 radical (unpaired) electrons. The first-order valence-corrected chi connectivity index (χ1v) is 6.39. The number of carboxylic acids is 1. The number of carboxylic acid groups (broad SMARTS) is 1. The fourth-order valence-corrected chi connectivity index (χ4v) is 2.75. The first-order valence-electron chi connectivity index (χ1n) is 5.57. The molecule has 0 spiro atoms. The van der Waals surface area contributed by atoms with Crippen LogP contribution in [0.15, 0.2) is 6.07 Å². The summed E-state index contributed by atoms with van der Waals surface area (Å²) in [7, 11) is 2.11. The third kappa shape index (κ3) is 2.83. The topological polar surface area (TPSA) is 40.5 Å². The molecule has 3 nitrogen and oxygen atoms in total. The molecule has 1 aliphatic rings. The van der Waals surface area contributed by atoms with Crippen LogP contribution >= 0.6 is 11.3 Å². The van der Waals surface area contributed by atoms with Gasteiger partial charge in [0, 0.05) is 18.0 Å². The second kappa shape index (κ2) is 4.55. The van der Waals surface area contributed by atoms with Gasteiger partial charge in [0.15, 0.2) is 0 Å². The number of thiophene rings is 1. The maximum atomic E-state index is 10.8. The third-order valence-corrected chi connectivity index (χ3v) is 4.02. The highest BCUT2D eigenvalue weighted by molar-refractivity contribution is 7.14. The molecule has 1 heterocycles. The zero-order valence-electron chi connectivity index (χ0n) is 9.69. The molecule has 2 rings (SSSR count). The minimum Gasteiger partial charge on any atom is -0.477 e. The molecule has 0 amide bonds. The van der Waals surface area contributed by atoms with E-state index in [9.17, 15) is 4.79 Å². The molecule has 0 bridgehead atoms. The molecule has 0 aromatic carbocycles. The van der Waals surface area contributed by atoms with E-state index in [0.29, 0.717) is 4.88 Å². The Morgan fingerprint density at radius 3 is 2.81 bits per heavy atom. The SMILES string of the molecule is Cc1sc(C(=O)O)cc1CN(C)CC1CC1. The average molecular weight is 239 g/mol. The molecule has 1 aromatic heterocycles. The van der Waals surface area contributed by atoms with E-state index in [0.717, 1.165) is 29.4 Å². The summed E-state index contributed by atoms with van der Waals surface area (Å²) in [5.41, 5.74) is 1.16. The van der Waals surface area contributed by atoms with Gasteiger partial charge in [-0.3, -0.25) is 0 Å². The van der Waals surface area contributed by atoms with Gasteiger partial charge in [-0.05, 0) is 44.4 Å². The average Bonchev–Trinajstić information content (AvgIpc) is 2.91. The van der Waals surface area contributed by atoms with Gasteiger partial charge < -0.3 is 10.0 Å². The Kier molecular flexibility index (Phi) is 3.30. The van der Waals surface area contributed by atoms with E-state index >= 15 is 0 Å². The summed E-state index contributed by atoms with van der Waals surface area (Å²) in [6.45, 7) is 4.00. The standard InChI is InChI=1S/C12H17NO2S/c1-8-10(5-11(16-8)12(14)15)7-13(2)6-9-3-4-9/h5,9H,3-4,6-7H2,1-2H3,(H,14,15). The van der Waals surface area contributed by atoms with Gasteiger partial charge in [-0.25, -0.2) is 4.79 Å². The highest BCUT2D eigenvalue weighted by Gasteiger charge is 2.23. The quantitative estimate of drug-likeness (QED) is 0.858. The van der Waals surface area contributed by atoms with Crippen molar-refractivity contribution in [2.45, 2.75) is 26.3 Å². The van der Waals surface area contributed by atoms with Crippen molar-refractivity contribution >= 4 is 17.3 Å². The normalized spacial score (nSPS) is 15.7. The minimum absolute atomic E-state index is 0.451. The van der Waals surface area contributed by atoms with Crippen LogP contribution in [0.2, 0.25) is 0 Å². The molecule has 1 fully saturated rings. The number of aromatic carboxylic acids is 1. The zero-order chi connectivity index (χ0) is 11.7. The Labute approximate surface area is 99.7 Å². The van der Waals surface area contributed by atoms with Crippen LogP contribution in [0.4, 0.5) is 0 Å². The van der Waals surface area contributed by atoms with Gasteiger partial charge in [0.05, 0.1) is 0 Å². The molecule has 1 saturated carbocycles. The monoisotopic (exact) mass is 239 g/mol. The lowest BCUT2D eigenvalue weighted by atomic mass is 10.2. The molecular formula is C12H17NO2S. The Balaban J connectivity index is 1.99. The van der Waals surface area contributed by atoms with Gasteiger partial charge in [-0.2, -0.15) is 0 Å². The smallest absolute Gasteiger partial charge is 0.345 e. The summed E-state index contributed by atoms with van der Waals surface area (Å²) < 4.78 is 0. The summed E-state index contributed by atoms with van der Waals surface area (Å²) >= 11 is 1.37. The number of nitrogens with zero attached hydrogens (tertiary/aromatic N) is 1. The minimum atomic E-state index is -0.816. The van der Waals surface area contributed by atoms with Crippen molar-refractivity contribution in [2.75, 3.05) is 13.6 Å². The summed E-state index contributed by atoms with van der Waals surface area (Å²) in [6, 6.07) is 1.81. The van der Waals surface area contributed by atoms with Crippen molar-refractivity contribution in [3.05, 3.63) is 21.4 Å². The van der Waals surface area contributed by atoms with Crippen LogP contribution in [0.25, 0.3) is 0 Å². The molecular weight excluding hydrogens is 222 g/mol. The van der Waals surface area contributed by atoms with Crippen molar-refractivity contribution in [3.8, 4) is 0 Å². The maximum Gasteiger partial charge on any atom is 0.345 e. The van der Waals surface area contributed by atoms with Crippen LogP contribution in [-0.4, -0.2) is 29.6 Å². The number of rotatable bonds is 5. The van der Waals surface area contributed by atoms with Crippen LogP contribution in [-0.2, 0) is 6.54 Å². The van der Waals surface area contributed by atoms with E-state index < -0.39 is 5.97 Å². The van der Waals surface area contributed by atoms with E-state index in [4.69, 9.17) is 5.11 Å². The summed E-state index contributed by atoms with van der Waals surface area (Å²) in [5, 5.41) is 8.91. The fourth-order valence-electron chi connectivity index (χ4n) is 1.88. The highest BCUT2D eigenvalue weighted by Crippen LogP contribution is 2.30. The Hall–Kier alpha value is -0.870. The van der Waals surface area contributed by atoms with Crippen LogP contribution in [0, 0.1) is 12.8 Å². The van der Waals surface area contributed by atoms with Crippen molar-refractivity contribution < 1.29 is 9.90 Å². The third-order valence-electron chi connectivity index (χ3n) is 2.94. The van der Waals surface area contributed by atoms with Crippen molar-refractivity contribution in [3.63, 3.8) is 0 Å². The van der Waals surface area contributed by atoms with Crippen LogP contribution in [0.3, 0.4) is 0 Å². The Morgan fingerprint density at radius 1 is 1.62 bits per heavy atom. The van der Waals surface area contributed by atoms with Crippen LogP contribution in [0.5, 0.6) is 0 Å². The zero-order valence-corrected chi connectivity index (χ0v) is 10.5. The van der Waals surface area contributed by atoms with E-state index in [1.807, 2.05) is 13.0 Å². The summed E-state index contributed by atoms with van der Waals surface area (Å²) in [4.78, 5) is 14.7. The molecule has 88 valence electrons. The molecule has 1 aromatic rings. The van der Waals surface area contributed by atoms with Crippen LogP contribution in [0.1, 0.15) is 33.0 Å². The van der Waals surface area contributed by atoms with Gasteiger partial charge >= 0.3 is 5.97 Å². The predicted molar refractivity (Wildman–Crippen MR) is 65.1 cm³/mol. The lowest BCUT2D eigenvalue weighted by molar-refractivity contribution is 0.0702. The van der Waals surface area contributed by atoms with Gasteiger partial charge in [0.1, 0.15) is 4.88 Å². The van der Waals surface area contributed by atoms with E-state index in [1.165, 1.54) is 24.2 Å². The Morgan fingerprint density at radius 2 is 2.31 bits per heavy atom. The fraction of sp³-hybridized carbons (Fsp3) is 0.583. The molecule has 1 N–H and O–H groups in total. The molecule has 0 unspecified atom stereocenters. The van der Waals surface area contributed by atoms with Crippen LogP contribution < -0.4 is 0 Å². The molecule has 1 aliphatic carbocycles. The summed E-state index contributed by atoms with van der Waals surface area (Å²) in [6.07, 6.45) is 2.71. The van der Waals surface area contributed by atoms with Gasteiger partial charge in [-0.15, -0.1) is 11.3 Å². The second-order valence-electron chi connectivity index (χ2n) is 4.64. The Bertz CT molecular complexity index is 396. The van der Waals surface area contributed by atoms with E-state index in [-0.39, 0.29) is 0 Å². The maximum absolute atomic E-state index is 10.8. The molecule has 16 heavy (non-hydrogen) atoms. The van der Waals surface area contributed by atoms with E-state index in [1.54, 1.807) is 0 Å². The number of hydrogen-bond acceptors (Lipinski definition) is 3. The summed E-state index contributed by atoms with van der Waals surface area (Å²) in [5.74, 6) is 0.0621. The van der Waals surface area contributed by atoms with Crippen molar-refractivity contribution in [1.29, 1.82) is 0 Å². The molecule has 0 atom stereocenters. The molecule has 0 aliphatic heterocycles. The largest absolute Gasteiger partial charge is 0.477 e. The molecule has 4 heteroatoms. The van der Waals surface area contributed by atoms with Gasteiger partial charge in [0.2, 0.25) is 0 Å². The number of carbonyl (C=O) groups is 1. The molecule has 0 saturated heterocycles. The lowest BCUT2D eigenvalue weighted by Crippen LogP contribution is -2.20. The van der Waals surface area contributed by atoms with Crippen molar-refractivity contribution in [1.82, 2.24) is 4.90 Å². The van der Waals surface area contributed by atoms with Gasteiger partial charge in [0.25, 0.3) is 0 Å². The lowest BCUT2D eigenvalue weighted by Gasteiger charge is -2.15. The second-order valence-corrected chi connectivity index (χ2v) is 5.89. The first-order chi connectivity index (χ1) is 7.56.